The van der Waals surface area contributed by atoms with Gasteiger partial charge in [-0.05, 0) is 31.2 Å². The molecule has 1 N–H and O–H groups in total. The lowest BCUT2D eigenvalue weighted by Crippen LogP contribution is -2.50. The predicted octanol–water partition coefficient (Wildman–Crippen LogP) is 3.14. The van der Waals surface area contributed by atoms with Gasteiger partial charge in [-0.25, -0.2) is 4.98 Å². The minimum Gasteiger partial charge on any atom is -0.496 e. The van der Waals surface area contributed by atoms with Crippen molar-refractivity contribution in [1.29, 1.82) is 0 Å². The summed E-state index contributed by atoms with van der Waals surface area (Å²) in [5.41, 5.74) is 2.33. The number of rotatable bonds is 7. The molecular formula is C28H32N4O5. The molecule has 3 heterocycles. The van der Waals surface area contributed by atoms with Crippen molar-refractivity contribution < 1.29 is 24.2 Å². The van der Waals surface area contributed by atoms with Crippen LogP contribution in [-0.2, 0) is 0 Å². The van der Waals surface area contributed by atoms with Crippen molar-refractivity contribution in [2.75, 3.05) is 33.9 Å². The molecule has 3 aromatic rings. The summed E-state index contributed by atoms with van der Waals surface area (Å²) >= 11 is 0. The van der Waals surface area contributed by atoms with E-state index in [9.17, 15) is 14.7 Å². The summed E-state index contributed by atoms with van der Waals surface area (Å²) in [5, 5.41) is 9.90. The number of fused-ring (bicyclic) bond motifs is 1. The van der Waals surface area contributed by atoms with Crippen LogP contribution in [0.1, 0.15) is 34.6 Å². The number of benzene rings is 1. The van der Waals surface area contributed by atoms with Crippen molar-refractivity contribution in [1.82, 2.24) is 19.8 Å². The Hall–Kier alpha value is -3.98. The van der Waals surface area contributed by atoms with Gasteiger partial charge in [-0.1, -0.05) is 25.1 Å². The van der Waals surface area contributed by atoms with E-state index in [1.165, 1.54) is 0 Å². The van der Waals surface area contributed by atoms with Gasteiger partial charge in [0.2, 0.25) is 5.88 Å². The molecule has 9 nitrogen and oxygen atoms in total. The zero-order valence-electron chi connectivity index (χ0n) is 21.5. The molecule has 0 saturated carbocycles. The molecule has 0 bridgehead atoms. The van der Waals surface area contributed by atoms with E-state index in [-0.39, 0.29) is 36.8 Å². The van der Waals surface area contributed by atoms with Gasteiger partial charge >= 0.3 is 0 Å². The maximum Gasteiger partial charge on any atom is 0.259 e. The molecule has 9 heteroatoms. The van der Waals surface area contributed by atoms with Gasteiger partial charge in [0.05, 0.1) is 26.3 Å². The van der Waals surface area contributed by atoms with Crippen LogP contribution in [0.15, 0.2) is 61.1 Å². The SMILES string of the molecule is COc1ccccc1-c1cnc2c(c1)C(=O)N([C@H](C)CO)C[C@@H](C)[C@H](CN(C)C(=O)c1ccncc1)O2. The standard InChI is InChI=1S/C28H32N4O5/c1-18-15-32(19(2)17-33)28(35)23-13-21(22-7-5-6-8-24(22)36-4)14-30-26(23)37-25(18)16-31(3)27(34)20-9-11-29-12-10-20/h5-14,18-19,25,33H,15-17H2,1-4H3/t18-,19-,25+/m1/s1. The second kappa shape index (κ2) is 11.4. The highest BCUT2D eigenvalue weighted by Crippen LogP contribution is 2.34. The first-order valence-electron chi connectivity index (χ1n) is 12.2. The molecule has 0 spiro atoms. The molecule has 0 radical (unpaired) electrons. The molecule has 0 fully saturated rings. The number of amides is 2. The Morgan fingerprint density at radius 1 is 1.24 bits per heavy atom. The van der Waals surface area contributed by atoms with Gasteiger partial charge < -0.3 is 24.4 Å². The third kappa shape index (κ3) is 5.56. The Labute approximate surface area is 216 Å². The van der Waals surface area contributed by atoms with Crippen molar-refractivity contribution in [3.8, 4) is 22.8 Å². The maximum absolute atomic E-state index is 13.7. The molecule has 2 aromatic heterocycles. The molecule has 3 atom stereocenters. The van der Waals surface area contributed by atoms with Gasteiger partial charge in [0.15, 0.2) is 0 Å². The molecule has 4 rings (SSSR count). The van der Waals surface area contributed by atoms with Gasteiger partial charge in [0.25, 0.3) is 11.8 Å². The van der Waals surface area contributed by atoms with Gasteiger partial charge in [0, 0.05) is 54.8 Å². The number of nitrogens with zero attached hydrogens (tertiary/aromatic N) is 4. The second-order valence-electron chi connectivity index (χ2n) is 9.32. The first kappa shape index (κ1) is 26.1. The fourth-order valence-corrected chi connectivity index (χ4v) is 4.42. The summed E-state index contributed by atoms with van der Waals surface area (Å²) in [6.07, 6.45) is 4.37. The van der Waals surface area contributed by atoms with Crippen LogP contribution in [0.25, 0.3) is 11.1 Å². The maximum atomic E-state index is 13.7. The summed E-state index contributed by atoms with van der Waals surface area (Å²) in [4.78, 5) is 38.4. The fourth-order valence-electron chi connectivity index (χ4n) is 4.42. The van der Waals surface area contributed by atoms with Crippen molar-refractivity contribution in [2.45, 2.75) is 26.0 Å². The van der Waals surface area contributed by atoms with E-state index >= 15 is 0 Å². The Morgan fingerprint density at radius 3 is 2.68 bits per heavy atom. The second-order valence-corrected chi connectivity index (χ2v) is 9.32. The van der Waals surface area contributed by atoms with Crippen molar-refractivity contribution in [2.24, 2.45) is 5.92 Å². The van der Waals surface area contributed by atoms with Crippen LogP contribution in [0, 0.1) is 5.92 Å². The fraction of sp³-hybridized carbons (Fsp3) is 0.357. The highest BCUT2D eigenvalue weighted by molar-refractivity contribution is 5.98. The van der Waals surface area contributed by atoms with Crippen molar-refractivity contribution in [3.63, 3.8) is 0 Å². The topological polar surface area (TPSA) is 105 Å². The number of aromatic nitrogens is 2. The highest BCUT2D eigenvalue weighted by Gasteiger charge is 2.35. The van der Waals surface area contributed by atoms with Gasteiger partial charge in [-0.15, -0.1) is 0 Å². The first-order valence-corrected chi connectivity index (χ1v) is 12.2. The summed E-state index contributed by atoms with van der Waals surface area (Å²) in [7, 11) is 3.31. The third-order valence-electron chi connectivity index (χ3n) is 6.67. The Kier molecular flexibility index (Phi) is 8.03. The van der Waals surface area contributed by atoms with Crippen LogP contribution >= 0.6 is 0 Å². The normalized spacial score (nSPS) is 18.2. The van der Waals surface area contributed by atoms with E-state index in [0.717, 1.165) is 5.56 Å². The van der Waals surface area contributed by atoms with E-state index in [1.807, 2.05) is 31.2 Å². The van der Waals surface area contributed by atoms with Gasteiger partial charge in [-0.2, -0.15) is 0 Å². The van der Waals surface area contributed by atoms with E-state index in [2.05, 4.69) is 9.97 Å². The van der Waals surface area contributed by atoms with E-state index in [4.69, 9.17) is 9.47 Å². The van der Waals surface area contributed by atoms with Gasteiger partial charge in [-0.3, -0.25) is 14.6 Å². The van der Waals surface area contributed by atoms with Crippen LogP contribution < -0.4 is 9.47 Å². The highest BCUT2D eigenvalue weighted by atomic mass is 16.5. The van der Waals surface area contributed by atoms with E-state index in [0.29, 0.717) is 29.0 Å². The third-order valence-corrected chi connectivity index (χ3v) is 6.67. The molecule has 1 aliphatic rings. The molecule has 0 aliphatic carbocycles. The number of hydrogen-bond acceptors (Lipinski definition) is 7. The largest absolute Gasteiger partial charge is 0.496 e. The molecule has 0 unspecified atom stereocenters. The van der Waals surface area contributed by atoms with Crippen LogP contribution in [0.4, 0.5) is 0 Å². The lowest BCUT2D eigenvalue weighted by molar-refractivity contribution is 0.0313. The molecule has 194 valence electrons. The number of ether oxygens (including phenoxy) is 2. The minimum atomic E-state index is -0.444. The van der Waals surface area contributed by atoms with E-state index < -0.39 is 12.1 Å². The number of pyridine rings is 2. The molecule has 37 heavy (non-hydrogen) atoms. The number of para-hydroxylation sites is 1. The zero-order valence-corrected chi connectivity index (χ0v) is 21.5. The molecule has 1 aromatic carbocycles. The number of carbonyl (C=O) groups excluding carboxylic acids is 2. The molecule has 1 aliphatic heterocycles. The number of carbonyl (C=O) groups is 2. The Morgan fingerprint density at radius 2 is 1.97 bits per heavy atom. The first-order chi connectivity index (χ1) is 17.8. The van der Waals surface area contributed by atoms with Crippen molar-refractivity contribution in [3.05, 3.63) is 72.2 Å². The zero-order chi connectivity index (χ0) is 26.5. The quantitative estimate of drug-likeness (QED) is 0.527. The van der Waals surface area contributed by atoms with Crippen LogP contribution in [-0.4, -0.2) is 82.7 Å². The molecular weight excluding hydrogens is 472 g/mol. The van der Waals surface area contributed by atoms with Crippen LogP contribution in [0.5, 0.6) is 11.6 Å². The van der Waals surface area contributed by atoms with E-state index in [1.54, 1.807) is 67.7 Å². The van der Waals surface area contributed by atoms with Crippen LogP contribution in [0.2, 0.25) is 0 Å². The Balaban J connectivity index is 1.71. The minimum absolute atomic E-state index is 0.144. The molecule has 0 saturated heterocycles. The lowest BCUT2D eigenvalue weighted by Gasteiger charge is -2.37. The monoisotopic (exact) mass is 504 g/mol. The number of likely N-dealkylation sites (N-methyl/N-ethyl adjacent to an activating group) is 1. The predicted molar refractivity (Wildman–Crippen MR) is 139 cm³/mol. The number of aliphatic hydroxyl groups excluding tert-OH is 1. The summed E-state index contributed by atoms with van der Waals surface area (Å²) < 4.78 is 11.8. The summed E-state index contributed by atoms with van der Waals surface area (Å²) in [5.74, 6) is 0.283. The average molecular weight is 505 g/mol. The smallest absolute Gasteiger partial charge is 0.259 e. The lowest BCUT2D eigenvalue weighted by atomic mass is 9.98. The Bertz CT molecular complexity index is 1250. The average Bonchev–Trinajstić information content (AvgIpc) is 2.94. The van der Waals surface area contributed by atoms with Gasteiger partial charge in [0.1, 0.15) is 17.4 Å². The summed E-state index contributed by atoms with van der Waals surface area (Å²) in [6.45, 7) is 4.22. The number of hydrogen-bond donors (Lipinski definition) is 1. The number of aliphatic hydroxyl groups is 1. The summed E-state index contributed by atoms with van der Waals surface area (Å²) in [6, 6.07) is 12.2. The molecule has 2 amide bonds. The van der Waals surface area contributed by atoms with Crippen LogP contribution in [0.3, 0.4) is 0 Å². The van der Waals surface area contributed by atoms with Crippen molar-refractivity contribution >= 4 is 11.8 Å². The number of methoxy groups -OCH3 is 1.